The van der Waals surface area contributed by atoms with E-state index < -0.39 is 11.2 Å². The lowest BCUT2D eigenvalue weighted by molar-refractivity contribution is -0.121. The predicted molar refractivity (Wildman–Crippen MR) is 88.7 cm³/mol. The van der Waals surface area contributed by atoms with Crippen LogP contribution in [0, 0.1) is 6.92 Å². The third kappa shape index (κ3) is 3.29. The van der Waals surface area contributed by atoms with Crippen molar-refractivity contribution >= 4 is 16.9 Å². The number of carbonyl (C=O) groups excluding carboxylic acids is 1. The van der Waals surface area contributed by atoms with Gasteiger partial charge in [-0.3, -0.25) is 14.6 Å². The number of amides is 1. The summed E-state index contributed by atoms with van der Waals surface area (Å²) in [6, 6.07) is 8.94. The minimum Gasteiger partial charge on any atom is -0.459 e. The van der Waals surface area contributed by atoms with Crippen molar-refractivity contribution in [1.29, 1.82) is 0 Å². The van der Waals surface area contributed by atoms with Crippen LogP contribution in [0.5, 0.6) is 0 Å². The van der Waals surface area contributed by atoms with Crippen LogP contribution in [0.3, 0.4) is 0 Å². The van der Waals surface area contributed by atoms with Crippen molar-refractivity contribution in [2.24, 2.45) is 0 Å². The molecule has 2 N–H and O–H groups in total. The molecule has 0 saturated heterocycles. The maximum absolute atomic E-state index is 12.0. The number of rotatable bonds is 5. The molecule has 2 aromatic heterocycles. The van der Waals surface area contributed by atoms with Crippen molar-refractivity contribution in [2.45, 2.75) is 26.4 Å². The maximum Gasteiger partial charge on any atom is 0.328 e. The summed E-state index contributed by atoms with van der Waals surface area (Å²) in [6.45, 7) is 2.44. The Labute approximate surface area is 136 Å². The lowest BCUT2D eigenvalue weighted by Crippen LogP contribution is -2.31. The molecule has 0 aliphatic rings. The van der Waals surface area contributed by atoms with Crippen molar-refractivity contribution in [3.63, 3.8) is 0 Å². The molecule has 0 unspecified atom stereocenters. The summed E-state index contributed by atoms with van der Waals surface area (Å²) in [5.74, 6) is 0.513. The molecule has 0 bridgehead atoms. The number of para-hydroxylation sites is 1. The second kappa shape index (κ2) is 6.57. The van der Waals surface area contributed by atoms with E-state index in [0.29, 0.717) is 12.3 Å². The van der Waals surface area contributed by atoms with Crippen LogP contribution < -0.4 is 16.6 Å². The molecule has 3 aromatic rings. The number of nitrogens with one attached hydrogen (secondary N) is 2. The first-order valence-electron chi connectivity index (χ1n) is 7.58. The van der Waals surface area contributed by atoms with Crippen LogP contribution in [0.2, 0.25) is 0 Å². The molecule has 0 fully saturated rings. The summed E-state index contributed by atoms with van der Waals surface area (Å²) in [6.07, 6.45) is 1.50. The van der Waals surface area contributed by atoms with E-state index in [4.69, 9.17) is 4.42 Å². The Morgan fingerprint density at radius 2 is 2.04 bits per heavy atom. The Morgan fingerprint density at radius 1 is 1.25 bits per heavy atom. The van der Waals surface area contributed by atoms with Crippen molar-refractivity contribution in [3.05, 3.63) is 68.7 Å². The van der Waals surface area contributed by atoms with Crippen molar-refractivity contribution in [1.82, 2.24) is 14.9 Å². The van der Waals surface area contributed by atoms with Crippen molar-refractivity contribution in [3.8, 4) is 0 Å². The summed E-state index contributed by atoms with van der Waals surface area (Å²) in [5.41, 5.74) is 0.811. The van der Waals surface area contributed by atoms with E-state index in [-0.39, 0.29) is 18.9 Å². The molecule has 1 aromatic carbocycles. The number of aryl methyl sites for hydroxylation is 2. The van der Waals surface area contributed by atoms with E-state index in [0.717, 1.165) is 16.5 Å². The van der Waals surface area contributed by atoms with Gasteiger partial charge in [0.2, 0.25) is 5.91 Å². The SMILES string of the molecule is Cc1c(CNC(=O)CCn2ccc(=O)[nH]c2=O)oc2ccccc12. The lowest BCUT2D eigenvalue weighted by atomic mass is 10.1. The Hall–Kier alpha value is -3.09. The first kappa shape index (κ1) is 15.8. The fourth-order valence-electron chi connectivity index (χ4n) is 2.50. The summed E-state index contributed by atoms with van der Waals surface area (Å²) in [4.78, 5) is 36.6. The molecular weight excluding hydrogens is 310 g/mol. The minimum atomic E-state index is -0.525. The molecule has 0 spiro atoms. The first-order chi connectivity index (χ1) is 11.5. The van der Waals surface area contributed by atoms with Gasteiger partial charge in [-0.05, 0) is 13.0 Å². The van der Waals surface area contributed by atoms with Crippen LogP contribution in [0.15, 0.2) is 50.5 Å². The number of hydrogen-bond acceptors (Lipinski definition) is 4. The van der Waals surface area contributed by atoms with Gasteiger partial charge in [0.05, 0.1) is 6.54 Å². The van der Waals surface area contributed by atoms with Gasteiger partial charge >= 0.3 is 5.69 Å². The molecule has 0 saturated carbocycles. The van der Waals surface area contributed by atoms with Crippen molar-refractivity contribution < 1.29 is 9.21 Å². The zero-order chi connectivity index (χ0) is 17.1. The monoisotopic (exact) mass is 327 g/mol. The minimum absolute atomic E-state index is 0.130. The number of aromatic nitrogens is 2. The van der Waals surface area contributed by atoms with Gasteiger partial charge in [0.25, 0.3) is 5.56 Å². The normalized spacial score (nSPS) is 10.9. The highest BCUT2D eigenvalue weighted by atomic mass is 16.3. The van der Waals surface area contributed by atoms with Crippen LogP contribution in [0.1, 0.15) is 17.7 Å². The average molecular weight is 327 g/mol. The van der Waals surface area contributed by atoms with Crippen LogP contribution >= 0.6 is 0 Å². The Bertz CT molecular complexity index is 997. The number of fused-ring (bicyclic) bond motifs is 1. The number of furan rings is 1. The second-order valence-electron chi connectivity index (χ2n) is 5.48. The summed E-state index contributed by atoms with van der Waals surface area (Å²) < 4.78 is 7.02. The van der Waals surface area contributed by atoms with Crippen LogP contribution in [0.4, 0.5) is 0 Å². The third-order valence-corrected chi connectivity index (χ3v) is 3.87. The molecule has 24 heavy (non-hydrogen) atoms. The quantitative estimate of drug-likeness (QED) is 0.738. The molecule has 7 nitrogen and oxygen atoms in total. The molecule has 124 valence electrons. The van der Waals surface area contributed by atoms with E-state index in [2.05, 4.69) is 10.3 Å². The average Bonchev–Trinajstić information content (AvgIpc) is 2.89. The number of H-pyrrole nitrogens is 1. The summed E-state index contributed by atoms with van der Waals surface area (Å²) in [5, 5.41) is 3.81. The molecule has 0 aliphatic heterocycles. The van der Waals surface area contributed by atoms with Gasteiger partial charge in [-0.15, -0.1) is 0 Å². The molecule has 0 aliphatic carbocycles. The summed E-state index contributed by atoms with van der Waals surface area (Å²) in [7, 11) is 0. The molecular formula is C17H17N3O4. The molecule has 3 rings (SSSR count). The van der Waals surface area contributed by atoms with Gasteiger partial charge in [0, 0.05) is 36.2 Å². The highest BCUT2D eigenvalue weighted by Crippen LogP contribution is 2.24. The molecule has 1 amide bonds. The smallest absolute Gasteiger partial charge is 0.328 e. The highest BCUT2D eigenvalue weighted by Gasteiger charge is 2.11. The van der Waals surface area contributed by atoms with E-state index in [9.17, 15) is 14.4 Å². The van der Waals surface area contributed by atoms with E-state index in [1.54, 1.807) is 0 Å². The van der Waals surface area contributed by atoms with Gasteiger partial charge in [0.15, 0.2) is 0 Å². The number of benzene rings is 1. The molecule has 7 heteroatoms. The third-order valence-electron chi connectivity index (χ3n) is 3.87. The van der Waals surface area contributed by atoms with Crippen LogP contribution in [-0.4, -0.2) is 15.5 Å². The summed E-state index contributed by atoms with van der Waals surface area (Å²) >= 11 is 0. The van der Waals surface area contributed by atoms with Gasteiger partial charge in [0.1, 0.15) is 11.3 Å². The first-order valence-corrected chi connectivity index (χ1v) is 7.58. The van der Waals surface area contributed by atoms with Crippen LogP contribution in [0.25, 0.3) is 11.0 Å². The maximum atomic E-state index is 12.0. The fourth-order valence-corrected chi connectivity index (χ4v) is 2.50. The zero-order valence-corrected chi connectivity index (χ0v) is 13.2. The standard InChI is InChI=1S/C17H17N3O4/c1-11-12-4-2-3-5-13(12)24-14(11)10-18-15(21)6-8-20-9-7-16(22)19-17(20)23/h2-5,7,9H,6,8,10H2,1H3,(H,18,21)(H,19,22,23). The molecule has 0 atom stereocenters. The number of hydrogen-bond donors (Lipinski definition) is 2. The van der Waals surface area contributed by atoms with Crippen molar-refractivity contribution in [2.75, 3.05) is 0 Å². The topological polar surface area (TPSA) is 97.1 Å². The van der Waals surface area contributed by atoms with Gasteiger partial charge in [-0.2, -0.15) is 0 Å². The van der Waals surface area contributed by atoms with Gasteiger partial charge < -0.3 is 14.3 Å². The largest absolute Gasteiger partial charge is 0.459 e. The Morgan fingerprint density at radius 3 is 2.79 bits per heavy atom. The second-order valence-corrected chi connectivity index (χ2v) is 5.48. The van der Waals surface area contributed by atoms with E-state index in [1.165, 1.54) is 16.8 Å². The molecule has 2 heterocycles. The van der Waals surface area contributed by atoms with Gasteiger partial charge in [-0.25, -0.2) is 4.79 Å². The predicted octanol–water partition coefficient (Wildman–Crippen LogP) is 1.30. The Balaban J connectivity index is 1.60. The zero-order valence-electron chi connectivity index (χ0n) is 13.2. The molecule has 0 radical (unpaired) electrons. The van der Waals surface area contributed by atoms with E-state index in [1.807, 2.05) is 31.2 Å². The highest BCUT2D eigenvalue weighted by molar-refractivity contribution is 5.82. The van der Waals surface area contributed by atoms with Gasteiger partial charge in [-0.1, -0.05) is 18.2 Å². The lowest BCUT2D eigenvalue weighted by Gasteiger charge is -2.06. The number of carbonyl (C=O) groups is 1. The number of nitrogens with zero attached hydrogens (tertiary/aromatic N) is 1. The Kier molecular flexibility index (Phi) is 4.33. The van der Waals surface area contributed by atoms with E-state index >= 15 is 0 Å². The van der Waals surface area contributed by atoms with Crippen LogP contribution in [-0.2, 0) is 17.9 Å². The fraction of sp³-hybridized carbons (Fsp3) is 0.235. The number of aromatic amines is 1.